The van der Waals surface area contributed by atoms with Crippen LogP contribution in [0.2, 0.25) is 0 Å². The molecule has 7 nitrogen and oxygen atoms in total. The van der Waals surface area contributed by atoms with Gasteiger partial charge in [0.05, 0.1) is 25.4 Å². The molecule has 0 spiro atoms. The average molecular weight is 424 g/mol. The highest BCUT2D eigenvalue weighted by Gasteiger charge is 2.26. The molecule has 0 aliphatic carbocycles. The molecule has 1 atom stereocenters. The van der Waals surface area contributed by atoms with E-state index in [0.29, 0.717) is 42.6 Å². The zero-order valence-electron chi connectivity index (χ0n) is 14.9. The highest BCUT2D eigenvalue weighted by atomic mass is 79.9. The molecule has 2 heterocycles. The van der Waals surface area contributed by atoms with Crippen LogP contribution in [0.1, 0.15) is 34.9 Å². The summed E-state index contributed by atoms with van der Waals surface area (Å²) in [6, 6.07) is 5.41. The van der Waals surface area contributed by atoms with Crippen molar-refractivity contribution in [2.45, 2.75) is 32.3 Å². The molecule has 26 heavy (non-hydrogen) atoms. The fraction of sp³-hybridized carbons (Fsp3) is 0.500. The molecule has 1 unspecified atom stereocenters. The second-order valence-electron chi connectivity index (χ2n) is 6.21. The van der Waals surface area contributed by atoms with E-state index in [2.05, 4.69) is 26.1 Å². The summed E-state index contributed by atoms with van der Waals surface area (Å²) < 4.78 is 16.9. The third-order valence-electron chi connectivity index (χ3n) is 4.32. The Morgan fingerprint density at radius 2 is 2.31 bits per heavy atom. The lowest BCUT2D eigenvalue weighted by molar-refractivity contribution is 0.00247. The normalized spacial score (nSPS) is 17.3. The van der Waals surface area contributed by atoms with E-state index in [1.165, 1.54) is 0 Å². The Kier molecular flexibility index (Phi) is 6.26. The van der Waals surface area contributed by atoms with Crippen LogP contribution in [0.5, 0.6) is 5.75 Å². The molecule has 0 N–H and O–H groups in total. The molecule has 3 rings (SSSR count). The first kappa shape index (κ1) is 18.8. The minimum Gasteiger partial charge on any atom is -0.497 e. The molecule has 0 bridgehead atoms. The molecule has 0 radical (unpaired) electrons. The molecule has 1 aromatic heterocycles. The van der Waals surface area contributed by atoms with Gasteiger partial charge in [0.25, 0.3) is 5.91 Å². The van der Waals surface area contributed by atoms with Crippen LogP contribution in [0.3, 0.4) is 0 Å². The van der Waals surface area contributed by atoms with Crippen molar-refractivity contribution in [1.29, 1.82) is 0 Å². The summed E-state index contributed by atoms with van der Waals surface area (Å²) in [7, 11) is 1.59. The zero-order chi connectivity index (χ0) is 18.5. The predicted molar refractivity (Wildman–Crippen MR) is 98.3 cm³/mol. The molecule has 8 heteroatoms. The molecule has 1 aliphatic heterocycles. The number of hydrogen-bond acceptors (Lipinski definition) is 6. The number of benzene rings is 1. The Labute approximate surface area is 160 Å². The third kappa shape index (κ3) is 4.62. The van der Waals surface area contributed by atoms with Crippen LogP contribution < -0.4 is 4.74 Å². The summed E-state index contributed by atoms with van der Waals surface area (Å²) in [6.45, 7) is 3.58. The van der Waals surface area contributed by atoms with Crippen LogP contribution in [-0.2, 0) is 11.2 Å². The van der Waals surface area contributed by atoms with Gasteiger partial charge in [-0.1, -0.05) is 5.16 Å². The minimum absolute atomic E-state index is 0.0159. The molecule has 1 aromatic carbocycles. The number of piperidine rings is 1. The maximum Gasteiger partial charge on any atom is 0.255 e. The van der Waals surface area contributed by atoms with E-state index in [9.17, 15) is 4.79 Å². The second-order valence-corrected chi connectivity index (χ2v) is 7.07. The first-order chi connectivity index (χ1) is 12.6. The van der Waals surface area contributed by atoms with Gasteiger partial charge in [-0.2, -0.15) is 4.98 Å². The zero-order valence-corrected chi connectivity index (χ0v) is 16.5. The summed E-state index contributed by atoms with van der Waals surface area (Å²) in [4.78, 5) is 18.9. The van der Waals surface area contributed by atoms with E-state index >= 15 is 0 Å². The maximum absolute atomic E-state index is 12.9. The van der Waals surface area contributed by atoms with Gasteiger partial charge in [0.2, 0.25) is 5.89 Å². The molecule has 1 aliphatic rings. The van der Waals surface area contributed by atoms with E-state index < -0.39 is 0 Å². The number of hydrogen-bond donors (Lipinski definition) is 0. The first-order valence-corrected chi connectivity index (χ1v) is 9.39. The lowest BCUT2D eigenvalue weighted by Gasteiger charge is -2.33. The van der Waals surface area contributed by atoms with Crippen molar-refractivity contribution >= 4 is 21.8 Å². The maximum atomic E-state index is 12.9. The van der Waals surface area contributed by atoms with Crippen molar-refractivity contribution in [3.8, 4) is 5.75 Å². The van der Waals surface area contributed by atoms with Crippen molar-refractivity contribution in [3.63, 3.8) is 0 Å². The summed E-state index contributed by atoms with van der Waals surface area (Å²) >= 11 is 3.45. The Morgan fingerprint density at radius 1 is 1.46 bits per heavy atom. The first-order valence-electron chi connectivity index (χ1n) is 8.60. The summed E-state index contributed by atoms with van der Waals surface area (Å²) in [5.74, 6) is 1.85. The van der Waals surface area contributed by atoms with Crippen molar-refractivity contribution in [1.82, 2.24) is 15.0 Å². The van der Waals surface area contributed by atoms with E-state index in [1.54, 1.807) is 20.1 Å². The lowest BCUT2D eigenvalue weighted by Crippen LogP contribution is -2.43. The van der Waals surface area contributed by atoms with Crippen LogP contribution in [0, 0.1) is 6.92 Å². The van der Waals surface area contributed by atoms with Crippen LogP contribution in [0.15, 0.2) is 27.2 Å². The molecule has 2 aromatic rings. The van der Waals surface area contributed by atoms with Gasteiger partial charge in [-0.25, -0.2) is 0 Å². The highest BCUT2D eigenvalue weighted by Crippen LogP contribution is 2.25. The largest absolute Gasteiger partial charge is 0.497 e. The van der Waals surface area contributed by atoms with Gasteiger partial charge < -0.3 is 18.9 Å². The number of nitrogens with zero attached hydrogens (tertiary/aromatic N) is 3. The van der Waals surface area contributed by atoms with Crippen LogP contribution >= 0.6 is 15.9 Å². The standard InChI is InChI=1S/C18H22BrN3O4/c1-12-20-17(21-26-12)7-9-25-14-4-3-8-22(11-14)18(23)15-10-13(24-2)5-6-16(15)19/h5-6,10,14H,3-4,7-9,11H2,1-2H3. The second kappa shape index (κ2) is 8.64. The quantitative estimate of drug-likeness (QED) is 0.710. The fourth-order valence-corrected chi connectivity index (χ4v) is 3.40. The molecular formula is C18H22BrN3O4. The number of amides is 1. The third-order valence-corrected chi connectivity index (χ3v) is 5.01. The van der Waals surface area contributed by atoms with Crippen molar-refractivity contribution < 1.29 is 18.8 Å². The topological polar surface area (TPSA) is 77.7 Å². The fourth-order valence-electron chi connectivity index (χ4n) is 2.98. The van der Waals surface area contributed by atoms with Gasteiger partial charge >= 0.3 is 0 Å². The molecule has 1 saturated heterocycles. The van der Waals surface area contributed by atoms with Gasteiger partial charge in [0.1, 0.15) is 5.75 Å². The summed E-state index contributed by atoms with van der Waals surface area (Å²) in [6.07, 6.45) is 2.47. The van der Waals surface area contributed by atoms with Crippen LogP contribution in [0.4, 0.5) is 0 Å². The highest BCUT2D eigenvalue weighted by molar-refractivity contribution is 9.10. The Balaban J connectivity index is 1.56. The number of methoxy groups -OCH3 is 1. The Morgan fingerprint density at radius 3 is 3.04 bits per heavy atom. The molecule has 1 amide bonds. The monoisotopic (exact) mass is 423 g/mol. The number of carbonyl (C=O) groups excluding carboxylic acids is 1. The van der Waals surface area contributed by atoms with E-state index in [0.717, 1.165) is 23.9 Å². The molecule has 0 saturated carbocycles. The molecule has 140 valence electrons. The van der Waals surface area contributed by atoms with Gasteiger partial charge in [-0.05, 0) is 47.0 Å². The van der Waals surface area contributed by atoms with Crippen LogP contribution in [-0.4, -0.2) is 53.9 Å². The van der Waals surface area contributed by atoms with Crippen molar-refractivity contribution in [3.05, 3.63) is 40.0 Å². The lowest BCUT2D eigenvalue weighted by atomic mass is 10.1. The number of halogens is 1. The SMILES string of the molecule is COc1ccc(Br)c(C(=O)N2CCCC(OCCc3noc(C)n3)C2)c1. The summed E-state index contributed by atoms with van der Waals surface area (Å²) in [5.41, 5.74) is 0.604. The number of rotatable bonds is 6. The number of carbonyl (C=O) groups is 1. The van der Waals surface area contributed by atoms with E-state index in [-0.39, 0.29) is 12.0 Å². The van der Waals surface area contributed by atoms with Gasteiger partial charge in [0.15, 0.2) is 5.82 Å². The smallest absolute Gasteiger partial charge is 0.255 e. The number of aryl methyl sites for hydroxylation is 1. The Hall–Kier alpha value is -1.93. The Bertz CT molecular complexity index is 765. The number of aromatic nitrogens is 2. The summed E-state index contributed by atoms with van der Waals surface area (Å²) in [5, 5.41) is 3.86. The number of ether oxygens (including phenoxy) is 2. The van der Waals surface area contributed by atoms with Gasteiger partial charge in [0, 0.05) is 30.9 Å². The van der Waals surface area contributed by atoms with E-state index in [4.69, 9.17) is 14.0 Å². The molecular weight excluding hydrogens is 402 g/mol. The van der Waals surface area contributed by atoms with Crippen molar-refractivity contribution in [2.75, 3.05) is 26.8 Å². The minimum atomic E-state index is -0.0159. The van der Waals surface area contributed by atoms with Gasteiger partial charge in [-0.3, -0.25) is 4.79 Å². The molecule has 1 fully saturated rings. The predicted octanol–water partition coefficient (Wildman–Crippen LogP) is 3.01. The van der Waals surface area contributed by atoms with E-state index in [1.807, 2.05) is 17.0 Å². The van der Waals surface area contributed by atoms with Crippen molar-refractivity contribution in [2.24, 2.45) is 0 Å². The van der Waals surface area contributed by atoms with Crippen LogP contribution in [0.25, 0.3) is 0 Å². The number of likely N-dealkylation sites (tertiary alicyclic amines) is 1. The van der Waals surface area contributed by atoms with Gasteiger partial charge in [-0.15, -0.1) is 0 Å². The average Bonchev–Trinajstić information content (AvgIpc) is 3.07.